The topological polar surface area (TPSA) is 106 Å². The predicted molar refractivity (Wildman–Crippen MR) is 114 cm³/mol. The SMILES string of the molecule is COc1ccc(OC2CCC(C)(c3n[nH]c(=O)o3)CC2)c(F)c1C(=O)N[CH]C1(C)CCC1. The lowest BCUT2D eigenvalue weighted by Gasteiger charge is -2.37. The molecule has 2 aliphatic rings. The summed E-state index contributed by atoms with van der Waals surface area (Å²) < 4.78 is 31.6. The summed E-state index contributed by atoms with van der Waals surface area (Å²) >= 11 is 0. The van der Waals surface area contributed by atoms with Gasteiger partial charge in [-0.1, -0.05) is 20.3 Å². The number of carbonyl (C=O) groups is 1. The first kappa shape index (κ1) is 22.4. The van der Waals surface area contributed by atoms with Crippen LogP contribution < -0.4 is 20.5 Å². The monoisotopic (exact) mass is 446 g/mol. The molecule has 0 spiro atoms. The molecule has 1 heterocycles. The standard InChI is InChI=1S/C23H29FN3O5/c1-22(9-4-10-22)13-25-19(28)17-15(30-3)5-6-16(18(17)24)31-14-7-11-23(2,12-8-14)20-26-27-21(29)32-20/h5-6,13-14H,4,7-12H2,1-3H3,(H,25,28)(H,27,29). The molecule has 4 rings (SSSR count). The number of rotatable bonds is 7. The molecule has 2 N–H and O–H groups in total. The van der Waals surface area contributed by atoms with Gasteiger partial charge in [0.25, 0.3) is 5.91 Å². The number of H-pyrrole nitrogens is 1. The molecule has 0 unspecified atom stereocenters. The first-order valence-corrected chi connectivity index (χ1v) is 11.0. The maximum absolute atomic E-state index is 15.3. The zero-order chi connectivity index (χ0) is 22.9. The molecule has 2 fully saturated rings. The van der Waals surface area contributed by atoms with E-state index in [1.54, 1.807) is 12.6 Å². The molecule has 2 aromatic rings. The van der Waals surface area contributed by atoms with Gasteiger partial charge < -0.3 is 19.2 Å². The zero-order valence-corrected chi connectivity index (χ0v) is 18.6. The number of methoxy groups -OCH3 is 1. The molecule has 8 nitrogen and oxygen atoms in total. The van der Waals surface area contributed by atoms with Crippen LogP contribution in [0.25, 0.3) is 0 Å². The van der Waals surface area contributed by atoms with Crippen LogP contribution in [0.15, 0.2) is 21.3 Å². The third-order valence-electron chi connectivity index (χ3n) is 6.85. The molecule has 1 aromatic heterocycles. The summed E-state index contributed by atoms with van der Waals surface area (Å²) in [5.74, 6) is -1.31. The van der Waals surface area contributed by atoms with E-state index in [1.807, 2.05) is 6.92 Å². The Morgan fingerprint density at radius 3 is 2.50 bits per heavy atom. The van der Waals surface area contributed by atoms with Crippen LogP contribution in [-0.4, -0.2) is 29.3 Å². The van der Waals surface area contributed by atoms with Crippen molar-refractivity contribution in [2.24, 2.45) is 5.41 Å². The van der Waals surface area contributed by atoms with Gasteiger partial charge in [-0.2, -0.15) is 0 Å². The molecule has 0 atom stereocenters. The van der Waals surface area contributed by atoms with Crippen molar-refractivity contribution in [1.82, 2.24) is 15.5 Å². The van der Waals surface area contributed by atoms with Gasteiger partial charge in [-0.05, 0) is 56.1 Å². The first-order valence-electron chi connectivity index (χ1n) is 11.0. The van der Waals surface area contributed by atoms with Crippen molar-refractivity contribution in [3.05, 3.63) is 46.5 Å². The van der Waals surface area contributed by atoms with E-state index in [9.17, 15) is 9.59 Å². The van der Waals surface area contributed by atoms with Crippen LogP contribution in [0.2, 0.25) is 0 Å². The number of nitrogens with one attached hydrogen (secondary N) is 2. The lowest BCUT2D eigenvalue weighted by Crippen LogP contribution is -2.36. The Kier molecular flexibility index (Phi) is 6.01. The summed E-state index contributed by atoms with van der Waals surface area (Å²) in [4.78, 5) is 24.0. The third kappa shape index (κ3) is 4.38. The number of aromatic amines is 1. The fraction of sp³-hybridized carbons (Fsp3) is 0.565. The van der Waals surface area contributed by atoms with Gasteiger partial charge in [0.05, 0.1) is 19.8 Å². The van der Waals surface area contributed by atoms with Gasteiger partial charge in [0.1, 0.15) is 11.3 Å². The van der Waals surface area contributed by atoms with Crippen LogP contribution in [0, 0.1) is 17.8 Å². The highest BCUT2D eigenvalue weighted by atomic mass is 19.1. The lowest BCUT2D eigenvalue weighted by atomic mass is 9.70. The quantitative estimate of drug-likeness (QED) is 0.669. The van der Waals surface area contributed by atoms with E-state index >= 15 is 4.39 Å². The number of nitrogens with zero attached hydrogens (tertiary/aromatic N) is 1. The van der Waals surface area contributed by atoms with Crippen molar-refractivity contribution < 1.29 is 23.1 Å². The van der Waals surface area contributed by atoms with Crippen LogP contribution in [0.4, 0.5) is 4.39 Å². The van der Waals surface area contributed by atoms with E-state index in [0.29, 0.717) is 31.6 Å². The lowest BCUT2D eigenvalue weighted by molar-refractivity contribution is 0.0916. The van der Waals surface area contributed by atoms with Gasteiger partial charge >= 0.3 is 5.76 Å². The normalized spacial score (nSPS) is 24.4. The fourth-order valence-electron chi connectivity index (χ4n) is 4.43. The Bertz CT molecular complexity index is 1030. The average molecular weight is 446 g/mol. The number of benzene rings is 1. The second-order valence-corrected chi connectivity index (χ2v) is 9.38. The second kappa shape index (κ2) is 8.60. The molecule has 32 heavy (non-hydrogen) atoms. The van der Waals surface area contributed by atoms with Crippen LogP contribution in [0.1, 0.15) is 75.0 Å². The minimum absolute atomic E-state index is 0.0192. The van der Waals surface area contributed by atoms with Crippen molar-refractivity contribution in [3.8, 4) is 11.5 Å². The van der Waals surface area contributed by atoms with Gasteiger partial charge in [0.2, 0.25) is 5.89 Å². The largest absolute Gasteiger partial charge is 0.496 e. The maximum Gasteiger partial charge on any atom is 0.434 e. The highest BCUT2D eigenvalue weighted by Gasteiger charge is 2.38. The fourth-order valence-corrected chi connectivity index (χ4v) is 4.43. The van der Waals surface area contributed by atoms with Crippen LogP contribution in [-0.2, 0) is 5.41 Å². The molecule has 0 aliphatic heterocycles. The van der Waals surface area contributed by atoms with E-state index in [2.05, 4.69) is 22.4 Å². The van der Waals surface area contributed by atoms with Gasteiger partial charge in [0, 0.05) is 5.41 Å². The third-order valence-corrected chi connectivity index (χ3v) is 6.85. The van der Waals surface area contributed by atoms with Crippen molar-refractivity contribution in [2.75, 3.05) is 7.11 Å². The number of halogens is 1. The van der Waals surface area contributed by atoms with Gasteiger partial charge in [-0.15, -0.1) is 5.10 Å². The summed E-state index contributed by atoms with van der Waals surface area (Å²) in [7, 11) is 1.40. The Hall–Kier alpha value is -2.84. The molecule has 0 saturated heterocycles. The van der Waals surface area contributed by atoms with E-state index in [4.69, 9.17) is 13.9 Å². The number of amides is 1. The Morgan fingerprint density at radius 1 is 1.25 bits per heavy atom. The number of hydrogen-bond donors (Lipinski definition) is 2. The van der Waals surface area contributed by atoms with Crippen molar-refractivity contribution in [3.63, 3.8) is 0 Å². The van der Waals surface area contributed by atoms with Crippen molar-refractivity contribution in [2.45, 2.75) is 70.3 Å². The zero-order valence-electron chi connectivity index (χ0n) is 18.6. The summed E-state index contributed by atoms with van der Waals surface area (Å²) in [5.41, 5.74) is -0.589. The Labute approximate surface area is 185 Å². The minimum Gasteiger partial charge on any atom is -0.496 e. The van der Waals surface area contributed by atoms with E-state index in [1.165, 1.54) is 13.2 Å². The molecule has 1 aromatic carbocycles. The Balaban J connectivity index is 1.44. The minimum atomic E-state index is -0.736. The Morgan fingerprint density at radius 2 is 1.94 bits per heavy atom. The highest BCUT2D eigenvalue weighted by molar-refractivity contribution is 5.98. The number of hydrogen-bond acceptors (Lipinski definition) is 6. The number of carbonyl (C=O) groups excluding carboxylic acids is 1. The molecule has 2 saturated carbocycles. The summed E-state index contributed by atoms with van der Waals surface area (Å²) in [5, 5.41) is 9.00. The average Bonchev–Trinajstić information content (AvgIpc) is 3.20. The van der Waals surface area contributed by atoms with E-state index < -0.39 is 17.5 Å². The molecular formula is C23H29FN3O5. The van der Waals surface area contributed by atoms with Crippen LogP contribution in [0.5, 0.6) is 11.5 Å². The molecule has 1 amide bonds. The second-order valence-electron chi connectivity index (χ2n) is 9.38. The number of ether oxygens (including phenoxy) is 2. The molecule has 1 radical (unpaired) electrons. The van der Waals surface area contributed by atoms with E-state index in [-0.39, 0.29) is 34.0 Å². The molecular weight excluding hydrogens is 417 g/mol. The van der Waals surface area contributed by atoms with Crippen LogP contribution in [0.3, 0.4) is 0 Å². The number of aromatic nitrogens is 2. The molecule has 2 aliphatic carbocycles. The smallest absolute Gasteiger partial charge is 0.434 e. The molecule has 0 bridgehead atoms. The summed E-state index contributed by atoms with van der Waals surface area (Å²) in [6.45, 7) is 5.80. The molecule has 9 heteroatoms. The van der Waals surface area contributed by atoms with Crippen LogP contribution >= 0.6 is 0 Å². The summed E-state index contributed by atoms with van der Waals surface area (Å²) in [6, 6.07) is 3.03. The van der Waals surface area contributed by atoms with Crippen molar-refractivity contribution in [1.29, 1.82) is 0 Å². The van der Waals surface area contributed by atoms with Gasteiger partial charge in [0.15, 0.2) is 11.6 Å². The highest BCUT2D eigenvalue weighted by Crippen LogP contribution is 2.42. The van der Waals surface area contributed by atoms with Gasteiger partial charge in [-0.3, -0.25) is 4.79 Å². The predicted octanol–water partition coefficient (Wildman–Crippen LogP) is 3.87. The van der Waals surface area contributed by atoms with E-state index in [0.717, 1.165) is 19.3 Å². The van der Waals surface area contributed by atoms with Crippen molar-refractivity contribution >= 4 is 5.91 Å². The van der Waals surface area contributed by atoms with Gasteiger partial charge in [-0.25, -0.2) is 14.3 Å². The maximum atomic E-state index is 15.3. The first-order chi connectivity index (χ1) is 15.2. The molecule has 173 valence electrons. The summed E-state index contributed by atoms with van der Waals surface area (Å²) in [6.07, 6.45) is 5.49.